The number of amides is 1. The van der Waals surface area contributed by atoms with E-state index in [0.29, 0.717) is 12.0 Å². The van der Waals surface area contributed by atoms with E-state index >= 15 is 0 Å². The highest BCUT2D eigenvalue weighted by Gasteiger charge is 2.21. The Hall–Kier alpha value is -2.69. The standard InChI is InChI=1S/C20H22FNO3/c1-25-20(24)18(12-6-9-15-7-3-2-4-8-15)22-19(23)14-16-10-5-11-17(21)13-16/h2-5,7-8,10-11,13,18H,6,9,12,14H2,1H3,(H,22,23)/t18-/m1/s1. The fourth-order valence-corrected chi connectivity index (χ4v) is 2.62. The molecule has 4 nitrogen and oxygen atoms in total. The zero-order chi connectivity index (χ0) is 18.1. The predicted molar refractivity (Wildman–Crippen MR) is 93.4 cm³/mol. The van der Waals surface area contributed by atoms with Crippen LogP contribution in [0.1, 0.15) is 24.0 Å². The van der Waals surface area contributed by atoms with Gasteiger partial charge >= 0.3 is 5.97 Å². The maximum atomic E-state index is 13.2. The van der Waals surface area contributed by atoms with Gasteiger partial charge in [0.15, 0.2) is 0 Å². The average molecular weight is 343 g/mol. The zero-order valence-electron chi connectivity index (χ0n) is 14.2. The van der Waals surface area contributed by atoms with Crippen LogP contribution in [0.25, 0.3) is 0 Å². The number of esters is 1. The minimum absolute atomic E-state index is 0.0178. The van der Waals surface area contributed by atoms with Crippen LogP contribution in [-0.4, -0.2) is 25.0 Å². The molecule has 2 rings (SSSR count). The second-order valence-electron chi connectivity index (χ2n) is 5.83. The maximum Gasteiger partial charge on any atom is 0.328 e. The third-order valence-corrected chi connectivity index (χ3v) is 3.88. The first-order valence-corrected chi connectivity index (χ1v) is 8.24. The van der Waals surface area contributed by atoms with E-state index in [9.17, 15) is 14.0 Å². The van der Waals surface area contributed by atoms with Crippen LogP contribution in [0, 0.1) is 5.82 Å². The third kappa shape index (κ3) is 6.37. The molecule has 2 aromatic carbocycles. The summed E-state index contributed by atoms with van der Waals surface area (Å²) in [6.07, 6.45) is 2.05. The quantitative estimate of drug-likeness (QED) is 0.750. The van der Waals surface area contributed by atoms with E-state index in [1.54, 1.807) is 12.1 Å². The molecule has 1 amide bonds. The molecule has 0 fully saturated rings. The number of ether oxygens (including phenoxy) is 1. The molecule has 2 aromatic rings. The summed E-state index contributed by atoms with van der Waals surface area (Å²) in [6.45, 7) is 0. The molecular weight excluding hydrogens is 321 g/mol. The molecule has 0 bridgehead atoms. The summed E-state index contributed by atoms with van der Waals surface area (Å²) in [6, 6.07) is 15.1. The molecule has 132 valence electrons. The van der Waals surface area contributed by atoms with Gasteiger partial charge in [-0.05, 0) is 42.5 Å². The molecule has 0 heterocycles. The number of benzene rings is 2. The van der Waals surface area contributed by atoms with Crippen LogP contribution in [0.15, 0.2) is 54.6 Å². The summed E-state index contributed by atoms with van der Waals surface area (Å²) in [7, 11) is 1.30. The van der Waals surface area contributed by atoms with Crippen molar-refractivity contribution in [3.63, 3.8) is 0 Å². The fraction of sp³-hybridized carbons (Fsp3) is 0.300. The number of hydrogen-bond acceptors (Lipinski definition) is 3. The molecule has 0 saturated carbocycles. The summed E-state index contributed by atoms with van der Waals surface area (Å²) < 4.78 is 18.0. The van der Waals surface area contributed by atoms with Gasteiger partial charge in [0, 0.05) is 0 Å². The largest absolute Gasteiger partial charge is 0.467 e. The predicted octanol–water partition coefficient (Wildman–Crippen LogP) is 3.05. The Labute approximate surface area is 147 Å². The lowest BCUT2D eigenvalue weighted by Crippen LogP contribution is -2.42. The van der Waals surface area contributed by atoms with Crippen molar-refractivity contribution in [2.75, 3.05) is 7.11 Å². The second-order valence-corrected chi connectivity index (χ2v) is 5.83. The normalized spacial score (nSPS) is 11.6. The number of rotatable bonds is 8. The second kappa shape index (κ2) is 9.57. The van der Waals surface area contributed by atoms with Gasteiger partial charge in [-0.2, -0.15) is 0 Å². The Balaban J connectivity index is 1.88. The number of aryl methyl sites for hydroxylation is 1. The molecule has 0 spiro atoms. The minimum atomic E-state index is -0.699. The molecule has 25 heavy (non-hydrogen) atoms. The number of methoxy groups -OCH3 is 1. The third-order valence-electron chi connectivity index (χ3n) is 3.88. The molecule has 0 radical (unpaired) electrons. The van der Waals surface area contributed by atoms with Crippen molar-refractivity contribution in [3.8, 4) is 0 Å². The lowest BCUT2D eigenvalue weighted by Gasteiger charge is -2.16. The van der Waals surface area contributed by atoms with E-state index in [1.807, 2.05) is 30.3 Å². The SMILES string of the molecule is COC(=O)[C@@H](CCCc1ccccc1)NC(=O)Cc1cccc(F)c1. The molecule has 0 saturated heterocycles. The van der Waals surface area contributed by atoms with Crippen LogP contribution >= 0.6 is 0 Å². The first-order chi connectivity index (χ1) is 12.1. The summed E-state index contributed by atoms with van der Waals surface area (Å²) in [5, 5.41) is 2.69. The van der Waals surface area contributed by atoms with E-state index < -0.39 is 17.8 Å². The van der Waals surface area contributed by atoms with E-state index in [2.05, 4.69) is 5.32 Å². The van der Waals surface area contributed by atoms with Crippen molar-refractivity contribution < 1.29 is 18.7 Å². The van der Waals surface area contributed by atoms with Crippen LogP contribution in [0.2, 0.25) is 0 Å². The van der Waals surface area contributed by atoms with E-state index in [4.69, 9.17) is 4.74 Å². The van der Waals surface area contributed by atoms with E-state index in [0.717, 1.165) is 12.8 Å². The first-order valence-electron chi connectivity index (χ1n) is 8.24. The van der Waals surface area contributed by atoms with Gasteiger partial charge in [-0.3, -0.25) is 4.79 Å². The summed E-state index contributed by atoms with van der Waals surface area (Å²) >= 11 is 0. The Bertz CT molecular complexity index is 703. The van der Waals surface area contributed by atoms with Crippen LogP contribution in [-0.2, 0) is 27.2 Å². The fourth-order valence-electron chi connectivity index (χ4n) is 2.62. The van der Waals surface area contributed by atoms with Gasteiger partial charge in [0.25, 0.3) is 0 Å². The van der Waals surface area contributed by atoms with Crippen molar-refractivity contribution in [2.45, 2.75) is 31.7 Å². The van der Waals surface area contributed by atoms with Crippen molar-refractivity contribution >= 4 is 11.9 Å². The number of halogens is 1. The number of nitrogens with one attached hydrogen (secondary N) is 1. The van der Waals surface area contributed by atoms with Crippen molar-refractivity contribution in [2.24, 2.45) is 0 Å². The molecule has 1 N–H and O–H groups in total. The lowest BCUT2D eigenvalue weighted by atomic mass is 10.0. The molecule has 0 aliphatic heterocycles. The van der Waals surface area contributed by atoms with Gasteiger partial charge in [-0.25, -0.2) is 9.18 Å². The molecule has 1 atom stereocenters. The smallest absolute Gasteiger partial charge is 0.328 e. The maximum absolute atomic E-state index is 13.2. The van der Waals surface area contributed by atoms with Gasteiger partial charge in [-0.15, -0.1) is 0 Å². The molecule has 0 unspecified atom stereocenters. The highest BCUT2D eigenvalue weighted by molar-refractivity contribution is 5.85. The molecule has 0 aliphatic rings. The van der Waals surface area contributed by atoms with Crippen molar-refractivity contribution in [1.29, 1.82) is 0 Å². The number of carbonyl (C=O) groups is 2. The van der Waals surface area contributed by atoms with Gasteiger partial charge in [0.1, 0.15) is 11.9 Å². The minimum Gasteiger partial charge on any atom is -0.467 e. The van der Waals surface area contributed by atoms with Gasteiger partial charge in [-0.1, -0.05) is 42.5 Å². The Morgan fingerprint density at radius 2 is 1.80 bits per heavy atom. The van der Waals surface area contributed by atoms with E-state index in [1.165, 1.54) is 24.8 Å². The zero-order valence-corrected chi connectivity index (χ0v) is 14.2. The van der Waals surface area contributed by atoms with Gasteiger partial charge in [0.2, 0.25) is 5.91 Å². The van der Waals surface area contributed by atoms with Gasteiger partial charge in [0.05, 0.1) is 13.5 Å². The number of hydrogen-bond donors (Lipinski definition) is 1. The van der Waals surface area contributed by atoms with Crippen molar-refractivity contribution in [3.05, 3.63) is 71.5 Å². The monoisotopic (exact) mass is 343 g/mol. The highest BCUT2D eigenvalue weighted by Crippen LogP contribution is 2.09. The molecule has 0 aromatic heterocycles. The Morgan fingerprint density at radius 1 is 1.08 bits per heavy atom. The molecule has 5 heteroatoms. The topological polar surface area (TPSA) is 55.4 Å². The van der Waals surface area contributed by atoms with Crippen LogP contribution in [0.4, 0.5) is 4.39 Å². The number of carbonyl (C=O) groups excluding carboxylic acids is 2. The molecule has 0 aliphatic carbocycles. The average Bonchev–Trinajstić information content (AvgIpc) is 2.61. The van der Waals surface area contributed by atoms with Crippen LogP contribution in [0.3, 0.4) is 0 Å². The van der Waals surface area contributed by atoms with Crippen LogP contribution in [0.5, 0.6) is 0 Å². The molecular formula is C20H22FNO3. The first kappa shape index (κ1) is 18.6. The summed E-state index contributed by atoms with van der Waals surface area (Å²) in [5.41, 5.74) is 1.74. The summed E-state index contributed by atoms with van der Waals surface area (Å²) in [4.78, 5) is 24.0. The summed E-state index contributed by atoms with van der Waals surface area (Å²) in [5.74, 6) is -1.20. The Morgan fingerprint density at radius 3 is 2.48 bits per heavy atom. The van der Waals surface area contributed by atoms with E-state index in [-0.39, 0.29) is 12.3 Å². The van der Waals surface area contributed by atoms with Crippen molar-refractivity contribution in [1.82, 2.24) is 5.32 Å². The van der Waals surface area contributed by atoms with Crippen LogP contribution < -0.4 is 5.32 Å². The highest BCUT2D eigenvalue weighted by atomic mass is 19.1. The van der Waals surface area contributed by atoms with Gasteiger partial charge < -0.3 is 10.1 Å². The lowest BCUT2D eigenvalue weighted by molar-refractivity contribution is -0.145. The Kier molecular flexibility index (Phi) is 7.14.